The van der Waals surface area contributed by atoms with Gasteiger partial charge in [0.2, 0.25) is 5.91 Å². The van der Waals surface area contributed by atoms with Crippen LogP contribution in [0.2, 0.25) is 0 Å². The minimum absolute atomic E-state index is 0.0491. The number of nitrogens with zero attached hydrogens (tertiary/aromatic N) is 3. The number of rotatable bonds is 6. The highest BCUT2D eigenvalue weighted by molar-refractivity contribution is 5.97. The van der Waals surface area contributed by atoms with E-state index in [9.17, 15) is 9.59 Å². The van der Waals surface area contributed by atoms with Crippen LogP contribution in [0.1, 0.15) is 53.1 Å². The van der Waals surface area contributed by atoms with Crippen molar-refractivity contribution in [2.45, 2.75) is 46.0 Å². The molecular weight excluding hydrogens is 394 g/mol. The Hall–Kier alpha value is -2.83. The zero-order valence-corrected chi connectivity index (χ0v) is 18.4. The predicted octanol–water partition coefficient (Wildman–Crippen LogP) is 3.39. The van der Waals surface area contributed by atoms with Gasteiger partial charge in [0.1, 0.15) is 11.5 Å². The molecule has 0 spiro atoms. The van der Waals surface area contributed by atoms with Crippen LogP contribution < -0.4 is 4.74 Å². The van der Waals surface area contributed by atoms with E-state index >= 15 is 0 Å². The molecule has 31 heavy (non-hydrogen) atoms. The molecule has 7 nitrogen and oxygen atoms in total. The van der Waals surface area contributed by atoms with Crippen LogP contribution in [-0.2, 0) is 11.2 Å². The first-order chi connectivity index (χ1) is 15.0. The summed E-state index contributed by atoms with van der Waals surface area (Å²) in [5.41, 5.74) is 2.30. The molecule has 0 aliphatic carbocycles. The molecule has 1 unspecified atom stereocenters. The number of aryl methyl sites for hydroxylation is 2. The van der Waals surface area contributed by atoms with E-state index in [1.807, 2.05) is 47.9 Å². The first-order valence-corrected chi connectivity index (χ1v) is 11.2. The number of piperidine rings is 1. The molecule has 2 aromatic rings. The Morgan fingerprint density at radius 2 is 1.84 bits per heavy atom. The molecule has 2 aliphatic rings. The lowest BCUT2D eigenvalue weighted by Gasteiger charge is -2.33. The third-order valence-corrected chi connectivity index (χ3v) is 6.37. The van der Waals surface area contributed by atoms with Gasteiger partial charge in [0, 0.05) is 37.7 Å². The normalized spacial score (nSPS) is 19.0. The lowest BCUT2D eigenvalue weighted by Crippen LogP contribution is -2.42. The van der Waals surface area contributed by atoms with E-state index in [-0.39, 0.29) is 17.7 Å². The van der Waals surface area contributed by atoms with Gasteiger partial charge in [-0.15, -0.1) is 0 Å². The molecule has 1 aromatic carbocycles. The summed E-state index contributed by atoms with van der Waals surface area (Å²) >= 11 is 0. The largest absolute Gasteiger partial charge is 0.492 e. The van der Waals surface area contributed by atoms with Crippen LogP contribution in [0, 0.1) is 19.8 Å². The van der Waals surface area contributed by atoms with Gasteiger partial charge < -0.3 is 19.1 Å². The zero-order chi connectivity index (χ0) is 21.8. The monoisotopic (exact) mass is 425 g/mol. The van der Waals surface area contributed by atoms with Gasteiger partial charge in [0.05, 0.1) is 24.3 Å². The number of aromatic nitrogens is 1. The molecule has 0 N–H and O–H groups in total. The number of likely N-dealkylation sites (tertiary alicyclic amines) is 2. The Labute approximate surface area is 183 Å². The molecule has 1 atom stereocenters. The van der Waals surface area contributed by atoms with Crippen molar-refractivity contribution in [1.82, 2.24) is 15.0 Å². The number of ether oxygens (including phenoxy) is 1. The lowest BCUT2D eigenvalue weighted by atomic mass is 9.98. The molecule has 0 saturated carbocycles. The highest BCUT2D eigenvalue weighted by Crippen LogP contribution is 2.25. The van der Waals surface area contributed by atoms with E-state index in [1.54, 1.807) is 0 Å². The molecule has 1 aromatic heterocycles. The lowest BCUT2D eigenvalue weighted by molar-refractivity contribution is -0.132. The molecule has 0 radical (unpaired) electrons. The van der Waals surface area contributed by atoms with Crippen molar-refractivity contribution in [3.63, 3.8) is 0 Å². The Morgan fingerprint density at radius 1 is 1.10 bits per heavy atom. The van der Waals surface area contributed by atoms with Gasteiger partial charge in [-0.1, -0.05) is 17.3 Å². The maximum Gasteiger partial charge on any atom is 0.257 e. The summed E-state index contributed by atoms with van der Waals surface area (Å²) in [4.78, 5) is 29.5. The number of hydrogen-bond donors (Lipinski definition) is 0. The van der Waals surface area contributed by atoms with Crippen LogP contribution in [0.15, 0.2) is 28.8 Å². The Bertz CT molecular complexity index is 913. The first kappa shape index (κ1) is 21.4. The van der Waals surface area contributed by atoms with Crippen molar-refractivity contribution < 1.29 is 18.8 Å². The van der Waals surface area contributed by atoms with Crippen LogP contribution >= 0.6 is 0 Å². The SMILES string of the molecule is Cc1noc(C)c1CC(=O)N1CCCC(COc2ccccc2C(=O)N2CCCC2)C1. The smallest absolute Gasteiger partial charge is 0.257 e. The summed E-state index contributed by atoms with van der Waals surface area (Å²) < 4.78 is 11.3. The second kappa shape index (κ2) is 9.54. The maximum atomic E-state index is 12.8. The maximum absolute atomic E-state index is 12.8. The third-order valence-electron chi connectivity index (χ3n) is 6.37. The van der Waals surface area contributed by atoms with Gasteiger partial charge in [0.15, 0.2) is 0 Å². The number of para-hydroxylation sites is 1. The summed E-state index contributed by atoms with van der Waals surface area (Å²) in [5.74, 6) is 1.75. The fourth-order valence-corrected chi connectivity index (χ4v) is 4.51. The molecule has 7 heteroatoms. The molecule has 4 rings (SSSR count). The van der Waals surface area contributed by atoms with Crippen molar-refractivity contribution in [2.24, 2.45) is 5.92 Å². The quantitative estimate of drug-likeness (QED) is 0.709. The number of amides is 2. The number of carbonyl (C=O) groups is 2. The van der Waals surface area contributed by atoms with Gasteiger partial charge in [-0.2, -0.15) is 0 Å². The van der Waals surface area contributed by atoms with Gasteiger partial charge >= 0.3 is 0 Å². The van der Waals surface area contributed by atoms with Crippen molar-refractivity contribution in [3.8, 4) is 5.75 Å². The predicted molar refractivity (Wildman–Crippen MR) is 116 cm³/mol. The summed E-state index contributed by atoms with van der Waals surface area (Å²) in [7, 11) is 0. The molecule has 2 amide bonds. The molecule has 2 aliphatic heterocycles. The highest BCUT2D eigenvalue weighted by atomic mass is 16.5. The fraction of sp³-hybridized carbons (Fsp3) is 0.542. The number of hydrogen-bond acceptors (Lipinski definition) is 5. The first-order valence-electron chi connectivity index (χ1n) is 11.2. The topological polar surface area (TPSA) is 75.9 Å². The van der Waals surface area contributed by atoms with E-state index in [0.29, 0.717) is 36.6 Å². The summed E-state index contributed by atoms with van der Waals surface area (Å²) in [5, 5.41) is 3.95. The minimum Gasteiger partial charge on any atom is -0.492 e. The van der Waals surface area contributed by atoms with Crippen LogP contribution in [0.5, 0.6) is 5.75 Å². The Balaban J connectivity index is 1.35. The van der Waals surface area contributed by atoms with Crippen LogP contribution in [0.25, 0.3) is 0 Å². The molecule has 3 heterocycles. The van der Waals surface area contributed by atoms with E-state index in [1.165, 1.54) is 0 Å². The van der Waals surface area contributed by atoms with Crippen molar-refractivity contribution in [2.75, 3.05) is 32.8 Å². The standard InChI is InChI=1S/C24H31N3O4/c1-17-21(18(2)31-25-17)14-23(28)27-13-7-8-19(15-27)16-30-22-10-4-3-9-20(22)24(29)26-11-5-6-12-26/h3-4,9-10,19H,5-8,11-16H2,1-2H3. The molecule has 2 fully saturated rings. The molecule has 2 saturated heterocycles. The average molecular weight is 426 g/mol. The number of benzene rings is 1. The average Bonchev–Trinajstić information content (AvgIpc) is 3.44. The second-order valence-corrected chi connectivity index (χ2v) is 8.63. The van der Waals surface area contributed by atoms with Crippen molar-refractivity contribution in [3.05, 3.63) is 46.8 Å². The highest BCUT2D eigenvalue weighted by Gasteiger charge is 2.27. The summed E-state index contributed by atoms with van der Waals surface area (Å²) in [6.45, 7) is 7.28. The van der Waals surface area contributed by atoms with E-state index < -0.39 is 0 Å². The van der Waals surface area contributed by atoms with E-state index in [0.717, 1.165) is 56.6 Å². The number of carbonyl (C=O) groups excluding carboxylic acids is 2. The van der Waals surface area contributed by atoms with Gasteiger partial charge in [-0.25, -0.2) is 0 Å². The fourth-order valence-electron chi connectivity index (χ4n) is 4.51. The van der Waals surface area contributed by atoms with Gasteiger partial charge in [-0.05, 0) is 51.7 Å². The Kier molecular flexibility index (Phi) is 6.59. The molecular formula is C24H31N3O4. The van der Waals surface area contributed by atoms with E-state index in [2.05, 4.69) is 5.16 Å². The van der Waals surface area contributed by atoms with Crippen LogP contribution in [-0.4, -0.2) is 59.6 Å². The van der Waals surface area contributed by atoms with E-state index in [4.69, 9.17) is 9.26 Å². The minimum atomic E-state index is 0.0491. The zero-order valence-electron chi connectivity index (χ0n) is 18.4. The summed E-state index contributed by atoms with van der Waals surface area (Å²) in [6.07, 6.45) is 4.41. The summed E-state index contributed by atoms with van der Waals surface area (Å²) in [6, 6.07) is 7.49. The Morgan fingerprint density at radius 3 is 2.58 bits per heavy atom. The molecule has 0 bridgehead atoms. The van der Waals surface area contributed by atoms with Crippen LogP contribution in [0.4, 0.5) is 0 Å². The second-order valence-electron chi connectivity index (χ2n) is 8.63. The van der Waals surface area contributed by atoms with Gasteiger partial charge in [-0.3, -0.25) is 9.59 Å². The van der Waals surface area contributed by atoms with Crippen molar-refractivity contribution >= 4 is 11.8 Å². The van der Waals surface area contributed by atoms with Gasteiger partial charge in [0.25, 0.3) is 5.91 Å². The third kappa shape index (κ3) is 4.92. The van der Waals surface area contributed by atoms with Crippen molar-refractivity contribution in [1.29, 1.82) is 0 Å². The van der Waals surface area contributed by atoms with Crippen LogP contribution in [0.3, 0.4) is 0 Å². The molecule has 166 valence electrons.